The Hall–Kier alpha value is -2.44. The fourth-order valence-corrected chi connectivity index (χ4v) is 3.24. The van der Waals surface area contributed by atoms with Crippen LogP contribution in [0.5, 0.6) is 0 Å². The molecule has 0 atom stereocenters. The highest BCUT2D eigenvalue weighted by Crippen LogP contribution is 2.21. The van der Waals surface area contributed by atoms with E-state index in [-0.39, 0.29) is 5.56 Å². The Balaban J connectivity index is 1.60. The van der Waals surface area contributed by atoms with E-state index in [1.807, 2.05) is 19.1 Å². The number of H-pyrrole nitrogens is 2. The molecule has 0 saturated heterocycles. The summed E-state index contributed by atoms with van der Waals surface area (Å²) >= 11 is 5.93. The first-order valence-corrected chi connectivity index (χ1v) is 8.57. The number of rotatable bonds is 3. The van der Waals surface area contributed by atoms with Crippen LogP contribution in [0.1, 0.15) is 22.6 Å². The number of halogens is 1. The number of imidazole rings is 1. The van der Waals surface area contributed by atoms with E-state index in [4.69, 9.17) is 11.6 Å². The van der Waals surface area contributed by atoms with Crippen LogP contribution < -0.4 is 5.56 Å². The summed E-state index contributed by atoms with van der Waals surface area (Å²) in [6, 6.07) is 7.32. The van der Waals surface area contributed by atoms with Crippen LogP contribution in [-0.4, -0.2) is 31.4 Å². The molecule has 3 heterocycles. The second-order valence-corrected chi connectivity index (χ2v) is 6.72. The summed E-state index contributed by atoms with van der Waals surface area (Å²) < 4.78 is 0. The van der Waals surface area contributed by atoms with Crippen molar-refractivity contribution in [3.05, 3.63) is 68.6 Å². The van der Waals surface area contributed by atoms with E-state index < -0.39 is 0 Å². The van der Waals surface area contributed by atoms with Gasteiger partial charge in [0, 0.05) is 42.3 Å². The Labute approximate surface area is 149 Å². The van der Waals surface area contributed by atoms with Crippen LogP contribution in [-0.2, 0) is 19.5 Å². The first kappa shape index (κ1) is 16.1. The van der Waals surface area contributed by atoms with Gasteiger partial charge in [0.25, 0.3) is 5.56 Å². The number of benzene rings is 1. The van der Waals surface area contributed by atoms with Crippen LogP contribution in [0.15, 0.2) is 35.4 Å². The number of nitrogens with zero attached hydrogens (tertiary/aromatic N) is 3. The van der Waals surface area contributed by atoms with Crippen molar-refractivity contribution in [3.8, 4) is 11.4 Å². The van der Waals surface area contributed by atoms with E-state index in [1.54, 1.807) is 18.5 Å². The minimum absolute atomic E-state index is 0.0709. The molecule has 0 saturated carbocycles. The lowest BCUT2D eigenvalue weighted by atomic mass is 10.1. The van der Waals surface area contributed by atoms with Crippen LogP contribution in [0.3, 0.4) is 0 Å². The normalized spacial score (nSPS) is 14.5. The van der Waals surface area contributed by atoms with Gasteiger partial charge in [-0.05, 0) is 31.2 Å². The molecule has 0 aliphatic carbocycles. The third-order valence-electron chi connectivity index (χ3n) is 4.57. The van der Waals surface area contributed by atoms with E-state index in [1.165, 1.54) is 0 Å². The van der Waals surface area contributed by atoms with Gasteiger partial charge < -0.3 is 9.97 Å². The summed E-state index contributed by atoms with van der Waals surface area (Å²) in [5.74, 6) is 0.594. The molecule has 0 fully saturated rings. The molecule has 0 amide bonds. The van der Waals surface area contributed by atoms with Gasteiger partial charge in [0.05, 0.1) is 23.3 Å². The molecule has 6 nitrogen and oxygen atoms in total. The lowest BCUT2D eigenvalue weighted by Gasteiger charge is -2.27. The molecule has 128 valence electrons. The topological polar surface area (TPSA) is 77.7 Å². The zero-order valence-electron chi connectivity index (χ0n) is 13.8. The van der Waals surface area contributed by atoms with Crippen molar-refractivity contribution in [2.45, 2.75) is 26.4 Å². The number of aryl methyl sites for hydroxylation is 1. The highest BCUT2D eigenvalue weighted by Gasteiger charge is 2.22. The fraction of sp³-hybridized carbons (Fsp3) is 0.278. The van der Waals surface area contributed by atoms with Crippen molar-refractivity contribution in [1.82, 2.24) is 24.8 Å². The summed E-state index contributed by atoms with van der Waals surface area (Å²) in [5.41, 5.74) is 4.50. The Morgan fingerprint density at radius 3 is 2.80 bits per heavy atom. The Bertz CT molecular complexity index is 960. The monoisotopic (exact) mass is 355 g/mol. The third kappa shape index (κ3) is 3.23. The minimum atomic E-state index is -0.0709. The van der Waals surface area contributed by atoms with Gasteiger partial charge in [-0.2, -0.15) is 0 Å². The maximum atomic E-state index is 12.6. The summed E-state index contributed by atoms with van der Waals surface area (Å²) in [6.07, 6.45) is 2.46. The highest BCUT2D eigenvalue weighted by molar-refractivity contribution is 6.30. The van der Waals surface area contributed by atoms with Crippen molar-refractivity contribution in [3.63, 3.8) is 0 Å². The van der Waals surface area contributed by atoms with Gasteiger partial charge in [-0.15, -0.1) is 0 Å². The van der Waals surface area contributed by atoms with Crippen molar-refractivity contribution in [2.75, 3.05) is 6.54 Å². The molecule has 2 N–H and O–H groups in total. The molecule has 0 radical (unpaired) electrons. The second kappa shape index (κ2) is 6.46. The lowest BCUT2D eigenvalue weighted by Crippen LogP contribution is -2.35. The predicted octanol–water partition coefficient (Wildman–Crippen LogP) is 2.68. The summed E-state index contributed by atoms with van der Waals surface area (Å²) in [7, 11) is 0. The zero-order valence-corrected chi connectivity index (χ0v) is 14.6. The van der Waals surface area contributed by atoms with Crippen LogP contribution >= 0.6 is 11.6 Å². The molecule has 2 aromatic heterocycles. The number of nitrogens with one attached hydrogen (secondary N) is 2. The molecule has 4 rings (SSSR count). The van der Waals surface area contributed by atoms with Crippen LogP contribution in [0.25, 0.3) is 11.4 Å². The van der Waals surface area contributed by atoms with E-state index in [2.05, 4.69) is 24.8 Å². The molecule has 3 aromatic rings. The number of aromatic amines is 2. The molecule has 25 heavy (non-hydrogen) atoms. The molecule has 0 unspecified atom stereocenters. The first-order chi connectivity index (χ1) is 12.1. The van der Waals surface area contributed by atoms with Gasteiger partial charge in [0.2, 0.25) is 0 Å². The van der Waals surface area contributed by atoms with Crippen LogP contribution in [0.2, 0.25) is 5.02 Å². The van der Waals surface area contributed by atoms with Crippen LogP contribution in [0, 0.1) is 6.92 Å². The van der Waals surface area contributed by atoms with Crippen molar-refractivity contribution in [1.29, 1.82) is 0 Å². The molecule has 7 heteroatoms. The molecule has 1 aromatic carbocycles. The van der Waals surface area contributed by atoms with Crippen LogP contribution in [0.4, 0.5) is 0 Å². The number of hydrogen-bond acceptors (Lipinski definition) is 4. The van der Waals surface area contributed by atoms with E-state index >= 15 is 0 Å². The van der Waals surface area contributed by atoms with E-state index in [0.717, 1.165) is 47.7 Å². The standard InChI is InChI=1S/C18H18ClN5O/c1-11-16(21-10-20-11)9-24-7-6-15-14(8-24)18(25)23-17(22-15)12-2-4-13(19)5-3-12/h2-5,10H,6-9H2,1H3,(H,20,21)(H,22,23,25). The predicted molar refractivity (Wildman–Crippen MR) is 96.4 cm³/mol. The maximum absolute atomic E-state index is 12.6. The van der Waals surface area contributed by atoms with Gasteiger partial charge in [-0.1, -0.05) is 11.6 Å². The molecular weight excluding hydrogens is 338 g/mol. The molecule has 0 spiro atoms. The summed E-state index contributed by atoms with van der Waals surface area (Å²) in [6.45, 7) is 4.18. The second-order valence-electron chi connectivity index (χ2n) is 6.28. The van der Waals surface area contributed by atoms with Gasteiger partial charge in [0.1, 0.15) is 5.82 Å². The largest absolute Gasteiger partial charge is 0.348 e. The Morgan fingerprint density at radius 2 is 2.08 bits per heavy atom. The molecule has 1 aliphatic rings. The Morgan fingerprint density at radius 1 is 1.28 bits per heavy atom. The van der Waals surface area contributed by atoms with Crippen molar-refractivity contribution in [2.24, 2.45) is 0 Å². The van der Waals surface area contributed by atoms with Gasteiger partial charge >= 0.3 is 0 Å². The average molecular weight is 356 g/mol. The molecular formula is C18H18ClN5O. The Kier molecular flexibility index (Phi) is 4.15. The van der Waals surface area contributed by atoms with Gasteiger partial charge in [0.15, 0.2) is 0 Å². The minimum Gasteiger partial charge on any atom is -0.348 e. The average Bonchev–Trinajstić information content (AvgIpc) is 3.01. The van der Waals surface area contributed by atoms with Gasteiger partial charge in [-0.25, -0.2) is 9.97 Å². The number of fused-ring (bicyclic) bond motifs is 1. The highest BCUT2D eigenvalue weighted by atomic mass is 35.5. The zero-order chi connectivity index (χ0) is 17.4. The van der Waals surface area contributed by atoms with Gasteiger partial charge in [-0.3, -0.25) is 9.69 Å². The van der Waals surface area contributed by atoms with E-state index in [9.17, 15) is 4.79 Å². The lowest BCUT2D eigenvalue weighted by molar-refractivity contribution is 0.239. The van der Waals surface area contributed by atoms with Crippen molar-refractivity contribution < 1.29 is 0 Å². The number of hydrogen-bond donors (Lipinski definition) is 2. The molecule has 0 bridgehead atoms. The molecule has 1 aliphatic heterocycles. The SMILES string of the molecule is Cc1[nH]cnc1CN1CCc2nc(-c3ccc(Cl)cc3)[nH]c(=O)c2C1. The smallest absolute Gasteiger partial charge is 0.255 e. The third-order valence-corrected chi connectivity index (χ3v) is 4.83. The number of aromatic nitrogens is 4. The summed E-state index contributed by atoms with van der Waals surface area (Å²) in [5, 5.41) is 0.661. The fourth-order valence-electron chi connectivity index (χ4n) is 3.12. The van der Waals surface area contributed by atoms with E-state index in [0.29, 0.717) is 17.4 Å². The summed E-state index contributed by atoms with van der Waals surface area (Å²) in [4.78, 5) is 29.8. The van der Waals surface area contributed by atoms with Crippen molar-refractivity contribution >= 4 is 11.6 Å². The first-order valence-electron chi connectivity index (χ1n) is 8.19. The maximum Gasteiger partial charge on any atom is 0.255 e. The quantitative estimate of drug-likeness (QED) is 0.757.